The van der Waals surface area contributed by atoms with E-state index in [1.807, 2.05) is 6.07 Å². The minimum absolute atomic E-state index is 0.214. The Morgan fingerprint density at radius 2 is 1.77 bits per heavy atom. The molecule has 0 bridgehead atoms. The lowest BCUT2D eigenvalue weighted by molar-refractivity contribution is 0.0692. The number of halogens is 2. The summed E-state index contributed by atoms with van der Waals surface area (Å²) in [5, 5.41) is 9.27. The number of rotatable bonds is 2. The summed E-state index contributed by atoms with van der Waals surface area (Å²) in [6.07, 6.45) is 7.17. The van der Waals surface area contributed by atoms with Crippen molar-refractivity contribution in [3.8, 4) is 0 Å². The summed E-state index contributed by atoms with van der Waals surface area (Å²) < 4.78 is 29.0. The van der Waals surface area contributed by atoms with Crippen LogP contribution < -0.4 is 0 Å². The second kappa shape index (κ2) is 6.64. The van der Waals surface area contributed by atoms with E-state index in [0.717, 1.165) is 36.2 Å². The molecule has 2 aromatic rings. The van der Waals surface area contributed by atoms with Crippen molar-refractivity contribution in [3.63, 3.8) is 0 Å². The first-order chi connectivity index (χ1) is 12.4. The molecule has 2 fully saturated rings. The molecule has 2 aliphatic rings. The van der Waals surface area contributed by atoms with Crippen LogP contribution in [-0.2, 0) is 0 Å². The number of aromatic carboxylic acids is 1. The second-order valence-electron chi connectivity index (χ2n) is 8.28. The van der Waals surface area contributed by atoms with Gasteiger partial charge in [0.05, 0.1) is 10.9 Å². The standard InChI is InChI=1S/C22H24F2O2/c1-12-2-3-14-9-15(5-4-13(14)8-12)17-10-16-6-7-18(22(25)26)21(24)20(16)19(23)11-17/h6-7,10-15H,2-5,8-9H2,1H3,(H,25,26). The van der Waals surface area contributed by atoms with E-state index >= 15 is 0 Å². The van der Waals surface area contributed by atoms with Gasteiger partial charge in [-0.05, 0) is 78.9 Å². The van der Waals surface area contributed by atoms with Crippen molar-refractivity contribution in [2.24, 2.45) is 17.8 Å². The van der Waals surface area contributed by atoms with E-state index in [1.54, 1.807) is 0 Å². The van der Waals surface area contributed by atoms with Crippen LogP contribution in [0.3, 0.4) is 0 Å². The summed E-state index contributed by atoms with van der Waals surface area (Å²) in [5.74, 6) is -0.368. The first-order valence-electron chi connectivity index (χ1n) is 9.59. The molecule has 4 unspecified atom stereocenters. The number of benzene rings is 2. The Morgan fingerprint density at radius 1 is 1.04 bits per heavy atom. The van der Waals surface area contributed by atoms with Crippen molar-refractivity contribution in [3.05, 3.63) is 47.0 Å². The lowest BCUT2D eigenvalue weighted by atomic mass is 9.64. The predicted octanol–water partition coefficient (Wildman–Crippen LogP) is 6.14. The largest absolute Gasteiger partial charge is 0.478 e. The van der Waals surface area contributed by atoms with E-state index in [4.69, 9.17) is 5.11 Å². The summed E-state index contributed by atoms with van der Waals surface area (Å²) in [6, 6.07) is 6.02. The van der Waals surface area contributed by atoms with Gasteiger partial charge >= 0.3 is 5.97 Å². The molecule has 0 heterocycles. The zero-order valence-electron chi connectivity index (χ0n) is 15.0. The average molecular weight is 358 g/mol. The van der Waals surface area contributed by atoms with Gasteiger partial charge in [0, 0.05) is 0 Å². The van der Waals surface area contributed by atoms with Crippen LogP contribution >= 0.6 is 0 Å². The Morgan fingerprint density at radius 3 is 2.54 bits per heavy atom. The summed E-state index contributed by atoms with van der Waals surface area (Å²) in [6.45, 7) is 2.33. The number of hydrogen-bond acceptors (Lipinski definition) is 1. The van der Waals surface area contributed by atoms with E-state index in [-0.39, 0.29) is 5.39 Å². The van der Waals surface area contributed by atoms with E-state index < -0.39 is 23.2 Å². The Balaban J connectivity index is 1.66. The van der Waals surface area contributed by atoms with Gasteiger partial charge in [-0.2, -0.15) is 0 Å². The third-order valence-corrected chi connectivity index (χ3v) is 6.61. The Hall–Kier alpha value is -1.97. The smallest absolute Gasteiger partial charge is 0.338 e. The molecule has 2 nitrogen and oxygen atoms in total. The topological polar surface area (TPSA) is 37.3 Å². The van der Waals surface area contributed by atoms with Crippen LogP contribution in [-0.4, -0.2) is 11.1 Å². The molecule has 0 aromatic heterocycles. The zero-order valence-corrected chi connectivity index (χ0v) is 15.0. The molecule has 4 atom stereocenters. The van der Waals surface area contributed by atoms with Gasteiger partial charge in [-0.1, -0.05) is 25.5 Å². The quantitative estimate of drug-likeness (QED) is 0.700. The molecule has 2 aliphatic carbocycles. The molecule has 0 amide bonds. The van der Waals surface area contributed by atoms with Gasteiger partial charge in [-0.3, -0.25) is 0 Å². The van der Waals surface area contributed by atoms with Crippen LogP contribution in [0.5, 0.6) is 0 Å². The Kier molecular flexibility index (Phi) is 4.45. The fraction of sp³-hybridized carbons (Fsp3) is 0.500. The molecular weight excluding hydrogens is 334 g/mol. The summed E-state index contributed by atoms with van der Waals surface area (Å²) in [5.41, 5.74) is 0.440. The number of fused-ring (bicyclic) bond motifs is 2. The van der Waals surface area contributed by atoms with Crippen molar-refractivity contribution in [2.75, 3.05) is 0 Å². The lowest BCUT2D eigenvalue weighted by Gasteiger charge is -2.41. The average Bonchev–Trinajstić information content (AvgIpc) is 2.60. The predicted molar refractivity (Wildman–Crippen MR) is 97.4 cm³/mol. The third-order valence-electron chi connectivity index (χ3n) is 6.61. The fourth-order valence-corrected chi connectivity index (χ4v) is 5.22. The molecule has 26 heavy (non-hydrogen) atoms. The second-order valence-corrected chi connectivity index (χ2v) is 8.28. The van der Waals surface area contributed by atoms with Gasteiger partial charge in [0.2, 0.25) is 0 Å². The van der Waals surface area contributed by atoms with Crippen molar-refractivity contribution in [1.29, 1.82) is 0 Å². The molecule has 2 aromatic carbocycles. The molecule has 0 radical (unpaired) electrons. The van der Waals surface area contributed by atoms with Crippen LogP contribution in [0.1, 0.15) is 67.3 Å². The van der Waals surface area contributed by atoms with Crippen molar-refractivity contribution in [2.45, 2.75) is 51.4 Å². The number of hydrogen-bond donors (Lipinski definition) is 1. The highest BCUT2D eigenvalue weighted by Gasteiger charge is 2.35. The summed E-state index contributed by atoms with van der Waals surface area (Å²) in [7, 11) is 0. The van der Waals surface area contributed by atoms with E-state index in [2.05, 4.69) is 6.92 Å². The highest BCUT2D eigenvalue weighted by atomic mass is 19.1. The van der Waals surface area contributed by atoms with Crippen LogP contribution in [0.15, 0.2) is 24.3 Å². The highest BCUT2D eigenvalue weighted by molar-refractivity contribution is 5.95. The maximum absolute atomic E-state index is 14.7. The Bertz CT molecular complexity index is 861. The number of carboxylic acids is 1. The normalized spacial score (nSPS) is 28.7. The minimum Gasteiger partial charge on any atom is -0.478 e. The maximum Gasteiger partial charge on any atom is 0.338 e. The molecule has 0 saturated heterocycles. The van der Waals surface area contributed by atoms with Crippen LogP contribution in [0, 0.1) is 29.4 Å². The summed E-state index contributed by atoms with van der Waals surface area (Å²) in [4.78, 5) is 11.1. The van der Waals surface area contributed by atoms with Crippen LogP contribution in [0.4, 0.5) is 8.78 Å². The zero-order chi connectivity index (χ0) is 18.4. The lowest BCUT2D eigenvalue weighted by Crippen LogP contribution is -2.29. The molecule has 4 heteroatoms. The molecule has 0 aliphatic heterocycles. The SMILES string of the molecule is CC1CCC2CC(c3cc(F)c4c(F)c(C(=O)O)ccc4c3)CCC2C1. The Labute approximate surface area is 152 Å². The third kappa shape index (κ3) is 3.00. The van der Waals surface area contributed by atoms with Gasteiger partial charge in [0.1, 0.15) is 11.6 Å². The molecule has 0 spiro atoms. The van der Waals surface area contributed by atoms with E-state index in [9.17, 15) is 13.6 Å². The maximum atomic E-state index is 14.7. The van der Waals surface area contributed by atoms with Crippen molar-refractivity contribution < 1.29 is 18.7 Å². The molecule has 2 saturated carbocycles. The van der Waals surface area contributed by atoms with Crippen molar-refractivity contribution in [1.82, 2.24) is 0 Å². The number of carboxylic acid groups (broad SMARTS) is 1. The van der Waals surface area contributed by atoms with Crippen LogP contribution in [0.2, 0.25) is 0 Å². The molecular formula is C22H24F2O2. The van der Waals surface area contributed by atoms with Gasteiger partial charge in [0.25, 0.3) is 0 Å². The molecule has 138 valence electrons. The van der Waals surface area contributed by atoms with Gasteiger partial charge in [0.15, 0.2) is 0 Å². The summed E-state index contributed by atoms with van der Waals surface area (Å²) >= 11 is 0. The van der Waals surface area contributed by atoms with Gasteiger partial charge in [-0.15, -0.1) is 0 Å². The van der Waals surface area contributed by atoms with Crippen LogP contribution in [0.25, 0.3) is 10.8 Å². The molecule has 4 rings (SSSR count). The van der Waals surface area contributed by atoms with Crippen molar-refractivity contribution >= 4 is 16.7 Å². The first-order valence-corrected chi connectivity index (χ1v) is 9.59. The number of carbonyl (C=O) groups is 1. The first kappa shape index (κ1) is 17.4. The fourth-order valence-electron chi connectivity index (χ4n) is 5.22. The van der Waals surface area contributed by atoms with E-state index in [0.29, 0.717) is 11.3 Å². The highest BCUT2D eigenvalue weighted by Crippen LogP contribution is 2.47. The van der Waals surface area contributed by atoms with Gasteiger partial charge < -0.3 is 5.11 Å². The van der Waals surface area contributed by atoms with E-state index in [1.165, 1.54) is 43.9 Å². The van der Waals surface area contributed by atoms with Gasteiger partial charge in [-0.25, -0.2) is 13.6 Å². The monoisotopic (exact) mass is 358 g/mol. The molecule has 1 N–H and O–H groups in total. The minimum atomic E-state index is -1.38.